The van der Waals surface area contributed by atoms with Crippen LogP contribution in [0.25, 0.3) is 0 Å². The Morgan fingerprint density at radius 2 is 2.04 bits per heavy atom. The summed E-state index contributed by atoms with van der Waals surface area (Å²) < 4.78 is 5.42. The second-order valence-electron chi connectivity index (χ2n) is 7.64. The molecular weight excluding hydrogens is 362 g/mol. The molecule has 2 atom stereocenters. The Bertz CT molecular complexity index is 722. The Kier molecular flexibility index (Phi) is 5.43. The predicted molar refractivity (Wildman–Crippen MR) is 105 cm³/mol. The van der Waals surface area contributed by atoms with E-state index in [4.69, 9.17) is 4.74 Å². The minimum absolute atomic E-state index is 0.0392. The molecule has 3 fully saturated rings. The van der Waals surface area contributed by atoms with Gasteiger partial charge in [-0.15, -0.1) is 11.8 Å². The van der Waals surface area contributed by atoms with Gasteiger partial charge in [0.05, 0.1) is 18.1 Å². The molecule has 6 nitrogen and oxygen atoms in total. The van der Waals surface area contributed by atoms with E-state index < -0.39 is 0 Å². The van der Waals surface area contributed by atoms with Crippen molar-refractivity contribution in [2.75, 3.05) is 32.1 Å². The maximum atomic E-state index is 12.8. The fourth-order valence-corrected chi connectivity index (χ4v) is 5.63. The molecule has 0 aromatic heterocycles. The van der Waals surface area contributed by atoms with E-state index in [0.29, 0.717) is 18.7 Å². The summed E-state index contributed by atoms with van der Waals surface area (Å²) in [5, 5.41) is 3.08. The first-order valence-electron chi connectivity index (χ1n) is 9.67. The summed E-state index contributed by atoms with van der Waals surface area (Å²) in [6.07, 6.45) is 1.39. The fourth-order valence-electron chi connectivity index (χ4n) is 4.20. The van der Waals surface area contributed by atoms with Crippen molar-refractivity contribution in [3.63, 3.8) is 0 Å². The van der Waals surface area contributed by atoms with Crippen LogP contribution in [0.1, 0.15) is 30.9 Å². The van der Waals surface area contributed by atoms with E-state index in [1.54, 1.807) is 11.8 Å². The van der Waals surface area contributed by atoms with Gasteiger partial charge in [-0.2, -0.15) is 0 Å². The molecule has 0 radical (unpaired) electrons. The molecule has 3 heterocycles. The Morgan fingerprint density at radius 1 is 1.30 bits per heavy atom. The third kappa shape index (κ3) is 3.86. The second-order valence-corrected chi connectivity index (χ2v) is 9.14. The highest BCUT2D eigenvalue weighted by atomic mass is 32.2. The standard InChI is InChI=1S/C20H27N3O3S/c1-20-7-6-18(24)23(20)17(14-27-20)19(25)21-12-15-4-2-3-5-16(15)13-22-8-10-26-11-9-22/h2-5,17H,6-14H2,1H3,(H,21,25)/t17-,20-/m1/s1. The molecule has 2 amide bonds. The van der Waals surface area contributed by atoms with Gasteiger partial charge in [0, 0.05) is 38.4 Å². The molecule has 1 aromatic rings. The predicted octanol–water partition coefficient (Wildman–Crippen LogP) is 1.59. The average molecular weight is 390 g/mol. The van der Waals surface area contributed by atoms with Gasteiger partial charge in [-0.05, 0) is 24.5 Å². The molecule has 146 valence electrons. The number of ether oxygens (including phenoxy) is 1. The minimum atomic E-state index is -0.346. The SMILES string of the molecule is C[C@@]12CCC(=O)N1[C@@H](C(=O)NCc1ccccc1CN1CCOCC1)CS2. The first-order valence-corrected chi connectivity index (χ1v) is 10.7. The van der Waals surface area contributed by atoms with E-state index in [2.05, 4.69) is 29.3 Å². The van der Waals surface area contributed by atoms with Crippen molar-refractivity contribution in [2.24, 2.45) is 0 Å². The molecule has 3 aliphatic rings. The summed E-state index contributed by atoms with van der Waals surface area (Å²) in [4.78, 5) is 29.0. The van der Waals surface area contributed by atoms with E-state index in [-0.39, 0.29) is 22.7 Å². The van der Waals surface area contributed by atoms with Gasteiger partial charge < -0.3 is 15.0 Å². The Balaban J connectivity index is 1.39. The van der Waals surface area contributed by atoms with E-state index in [0.717, 1.165) is 44.8 Å². The number of rotatable bonds is 5. The van der Waals surface area contributed by atoms with Crippen molar-refractivity contribution >= 4 is 23.6 Å². The van der Waals surface area contributed by atoms with Gasteiger partial charge >= 0.3 is 0 Å². The zero-order valence-corrected chi connectivity index (χ0v) is 16.6. The quantitative estimate of drug-likeness (QED) is 0.829. The maximum Gasteiger partial charge on any atom is 0.243 e. The molecule has 0 aliphatic carbocycles. The van der Waals surface area contributed by atoms with Gasteiger partial charge in [0.25, 0.3) is 0 Å². The van der Waals surface area contributed by atoms with Crippen molar-refractivity contribution in [3.05, 3.63) is 35.4 Å². The van der Waals surface area contributed by atoms with Crippen molar-refractivity contribution < 1.29 is 14.3 Å². The number of carbonyl (C=O) groups is 2. The molecule has 0 unspecified atom stereocenters. The zero-order valence-electron chi connectivity index (χ0n) is 15.8. The van der Waals surface area contributed by atoms with Crippen LogP contribution in [0.4, 0.5) is 0 Å². The molecule has 27 heavy (non-hydrogen) atoms. The first-order chi connectivity index (χ1) is 13.1. The number of carbonyl (C=O) groups excluding carboxylic acids is 2. The maximum absolute atomic E-state index is 12.8. The smallest absolute Gasteiger partial charge is 0.243 e. The van der Waals surface area contributed by atoms with Gasteiger partial charge in [-0.25, -0.2) is 0 Å². The number of thioether (sulfide) groups is 1. The van der Waals surface area contributed by atoms with E-state index in [1.165, 1.54) is 5.56 Å². The van der Waals surface area contributed by atoms with E-state index in [9.17, 15) is 9.59 Å². The Morgan fingerprint density at radius 3 is 2.81 bits per heavy atom. The van der Waals surface area contributed by atoms with Crippen LogP contribution < -0.4 is 5.32 Å². The van der Waals surface area contributed by atoms with Crippen molar-refractivity contribution in [3.8, 4) is 0 Å². The van der Waals surface area contributed by atoms with Crippen LogP contribution in [-0.4, -0.2) is 64.6 Å². The van der Waals surface area contributed by atoms with Gasteiger partial charge in [0.15, 0.2) is 0 Å². The highest BCUT2D eigenvalue weighted by molar-refractivity contribution is 8.01. The number of nitrogens with one attached hydrogen (secondary N) is 1. The lowest BCUT2D eigenvalue weighted by Crippen LogP contribution is -2.49. The second kappa shape index (κ2) is 7.81. The largest absolute Gasteiger partial charge is 0.379 e. The van der Waals surface area contributed by atoms with Crippen molar-refractivity contribution in [2.45, 2.75) is 43.8 Å². The van der Waals surface area contributed by atoms with Crippen LogP contribution in [0.5, 0.6) is 0 Å². The lowest BCUT2D eigenvalue weighted by molar-refractivity contribution is -0.138. The minimum Gasteiger partial charge on any atom is -0.379 e. The van der Waals surface area contributed by atoms with Crippen molar-refractivity contribution in [1.82, 2.24) is 15.1 Å². The van der Waals surface area contributed by atoms with Crippen LogP contribution in [0.2, 0.25) is 0 Å². The fraction of sp³-hybridized carbons (Fsp3) is 0.600. The molecule has 3 aliphatic heterocycles. The summed E-state index contributed by atoms with van der Waals surface area (Å²) in [6, 6.07) is 7.91. The lowest BCUT2D eigenvalue weighted by atomic mass is 10.1. The van der Waals surface area contributed by atoms with Crippen LogP contribution >= 0.6 is 11.8 Å². The normalized spacial score (nSPS) is 28.4. The molecule has 0 saturated carbocycles. The molecule has 4 rings (SSSR count). The highest BCUT2D eigenvalue weighted by Gasteiger charge is 2.52. The molecule has 0 spiro atoms. The molecular formula is C20H27N3O3S. The third-order valence-electron chi connectivity index (χ3n) is 5.82. The van der Waals surface area contributed by atoms with Crippen LogP contribution in [0.15, 0.2) is 24.3 Å². The molecule has 1 aromatic carbocycles. The van der Waals surface area contributed by atoms with Crippen LogP contribution in [0.3, 0.4) is 0 Å². The number of benzene rings is 1. The van der Waals surface area contributed by atoms with E-state index in [1.807, 2.05) is 17.0 Å². The molecule has 3 saturated heterocycles. The number of fused-ring (bicyclic) bond motifs is 1. The Labute approximate surface area is 164 Å². The van der Waals surface area contributed by atoms with Crippen LogP contribution in [-0.2, 0) is 27.4 Å². The number of hydrogen-bond acceptors (Lipinski definition) is 5. The van der Waals surface area contributed by atoms with Gasteiger partial charge in [-0.1, -0.05) is 24.3 Å². The molecule has 0 bridgehead atoms. The summed E-state index contributed by atoms with van der Waals surface area (Å²) in [7, 11) is 0. The van der Waals surface area contributed by atoms with Gasteiger partial charge in [0.2, 0.25) is 11.8 Å². The topological polar surface area (TPSA) is 61.9 Å². The number of nitrogens with zero attached hydrogens (tertiary/aromatic N) is 2. The average Bonchev–Trinajstić information content (AvgIpc) is 3.18. The summed E-state index contributed by atoms with van der Waals surface area (Å²) in [5.41, 5.74) is 2.38. The van der Waals surface area contributed by atoms with Gasteiger partial charge in [0.1, 0.15) is 6.04 Å². The molecule has 7 heteroatoms. The number of hydrogen-bond donors (Lipinski definition) is 1. The summed E-state index contributed by atoms with van der Waals surface area (Å²) in [5.74, 6) is 0.752. The summed E-state index contributed by atoms with van der Waals surface area (Å²) in [6.45, 7) is 6.89. The van der Waals surface area contributed by atoms with Crippen LogP contribution in [0, 0.1) is 0 Å². The number of morpholine rings is 1. The lowest BCUT2D eigenvalue weighted by Gasteiger charge is -2.30. The first kappa shape index (κ1) is 18.8. The Hall–Kier alpha value is -1.57. The molecule has 1 N–H and O–H groups in total. The monoisotopic (exact) mass is 389 g/mol. The number of amides is 2. The highest BCUT2D eigenvalue weighted by Crippen LogP contribution is 2.47. The van der Waals surface area contributed by atoms with E-state index >= 15 is 0 Å². The van der Waals surface area contributed by atoms with Gasteiger partial charge in [-0.3, -0.25) is 14.5 Å². The zero-order chi connectivity index (χ0) is 18.9. The van der Waals surface area contributed by atoms with Crippen molar-refractivity contribution in [1.29, 1.82) is 0 Å². The summed E-state index contributed by atoms with van der Waals surface area (Å²) >= 11 is 1.73. The third-order valence-corrected chi connectivity index (χ3v) is 7.32.